The number of rotatable bonds is 2. The largest absolute Gasteiger partial charge is 0.444 e. The molecular formula is C15H26N2O2. The number of hydrogen-bond acceptors (Lipinski definition) is 3. The van der Waals surface area contributed by atoms with E-state index in [1.807, 2.05) is 32.6 Å². The minimum absolute atomic E-state index is 0.146. The van der Waals surface area contributed by atoms with Crippen LogP contribution >= 0.6 is 0 Å². The van der Waals surface area contributed by atoms with Gasteiger partial charge in [-0.05, 0) is 47.0 Å². The molecule has 2 bridgehead atoms. The molecule has 108 valence electrons. The molecule has 3 atom stereocenters. The van der Waals surface area contributed by atoms with Gasteiger partial charge in [-0.15, -0.1) is 0 Å². The third-order valence-corrected chi connectivity index (χ3v) is 3.86. The Morgan fingerprint density at radius 1 is 1.42 bits per heavy atom. The molecule has 0 aromatic carbocycles. The second-order valence-electron chi connectivity index (χ2n) is 6.51. The second-order valence-corrected chi connectivity index (χ2v) is 6.51. The van der Waals surface area contributed by atoms with Crippen LogP contribution in [0.2, 0.25) is 0 Å². The first-order valence-electron chi connectivity index (χ1n) is 7.28. The van der Waals surface area contributed by atoms with Gasteiger partial charge in [0, 0.05) is 18.6 Å². The monoisotopic (exact) mass is 266 g/mol. The summed E-state index contributed by atoms with van der Waals surface area (Å²) >= 11 is 0. The summed E-state index contributed by atoms with van der Waals surface area (Å²) in [5.74, 6) is 0. The predicted octanol–water partition coefficient (Wildman–Crippen LogP) is 2.69. The maximum atomic E-state index is 12.4. The van der Waals surface area contributed by atoms with E-state index in [0.29, 0.717) is 12.1 Å². The van der Waals surface area contributed by atoms with Crippen LogP contribution in [0.4, 0.5) is 4.79 Å². The summed E-state index contributed by atoms with van der Waals surface area (Å²) in [7, 11) is 0. The van der Waals surface area contributed by atoms with Crippen molar-refractivity contribution in [1.29, 1.82) is 0 Å². The van der Waals surface area contributed by atoms with E-state index >= 15 is 0 Å². The molecule has 2 saturated heterocycles. The van der Waals surface area contributed by atoms with Crippen LogP contribution in [0.5, 0.6) is 0 Å². The number of carbonyl (C=O) groups is 1. The van der Waals surface area contributed by atoms with Crippen molar-refractivity contribution in [1.82, 2.24) is 10.2 Å². The molecule has 2 fully saturated rings. The Kier molecular flexibility index (Phi) is 4.19. The van der Waals surface area contributed by atoms with Gasteiger partial charge in [0.25, 0.3) is 0 Å². The fourth-order valence-corrected chi connectivity index (χ4v) is 3.05. The van der Waals surface area contributed by atoms with Gasteiger partial charge in [-0.2, -0.15) is 0 Å². The van der Waals surface area contributed by atoms with E-state index in [0.717, 1.165) is 25.8 Å². The van der Waals surface area contributed by atoms with Gasteiger partial charge in [0.15, 0.2) is 0 Å². The van der Waals surface area contributed by atoms with Crippen molar-refractivity contribution >= 4 is 6.09 Å². The van der Waals surface area contributed by atoms with E-state index in [-0.39, 0.29) is 12.1 Å². The van der Waals surface area contributed by atoms with Crippen LogP contribution in [0.25, 0.3) is 0 Å². The molecule has 0 aliphatic carbocycles. The lowest BCUT2D eigenvalue weighted by molar-refractivity contribution is 0.00438. The highest BCUT2D eigenvalue weighted by atomic mass is 16.6. The second kappa shape index (κ2) is 5.53. The van der Waals surface area contributed by atoms with Gasteiger partial charge in [-0.3, -0.25) is 4.90 Å². The van der Waals surface area contributed by atoms with Crippen LogP contribution in [0.3, 0.4) is 0 Å². The van der Waals surface area contributed by atoms with E-state index in [1.165, 1.54) is 0 Å². The van der Waals surface area contributed by atoms with E-state index in [1.54, 1.807) is 0 Å². The molecule has 1 N–H and O–H groups in total. The maximum absolute atomic E-state index is 12.4. The van der Waals surface area contributed by atoms with Gasteiger partial charge in [-0.25, -0.2) is 4.79 Å². The lowest BCUT2D eigenvalue weighted by Gasteiger charge is -2.41. The van der Waals surface area contributed by atoms with Gasteiger partial charge in [0.05, 0.1) is 6.04 Å². The molecule has 4 nitrogen and oxygen atoms in total. The van der Waals surface area contributed by atoms with E-state index in [2.05, 4.69) is 17.5 Å². The number of fused-ring (bicyclic) bond motifs is 2. The van der Waals surface area contributed by atoms with Crippen LogP contribution in [0, 0.1) is 0 Å². The Labute approximate surface area is 116 Å². The molecule has 0 saturated carbocycles. The number of hydrogen-bond donors (Lipinski definition) is 1. The molecule has 0 spiro atoms. The zero-order valence-corrected chi connectivity index (χ0v) is 12.5. The van der Waals surface area contributed by atoms with Crippen LogP contribution in [0.1, 0.15) is 47.0 Å². The average molecular weight is 266 g/mol. The molecule has 19 heavy (non-hydrogen) atoms. The van der Waals surface area contributed by atoms with E-state index < -0.39 is 5.60 Å². The molecule has 2 rings (SSSR count). The molecule has 0 unspecified atom stereocenters. The van der Waals surface area contributed by atoms with Crippen molar-refractivity contribution in [2.24, 2.45) is 0 Å². The summed E-state index contributed by atoms with van der Waals surface area (Å²) in [5, 5.41) is 3.56. The number of carbonyl (C=O) groups excluding carboxylic acids is 1. The van der Waals surface area contributed by atoms with Crippen molar-refractivity contribution in [2.75, 3.05) is 6.54 Å². The lowest BCUT2D eigenvalue weighted by atomic mass is 10.0. The van der Waals surface area contributed by atoms with Crippen molar-refractivity contribution in [3.63, 3.8) is 0 Å². The van der Waals surface area contributed by atoms with Crippen LogP contribution in [-0.2, 0) is 4.74 Å². The van der Waals surface area contributed by atoms with Crippen LogP contribution in [0.15, 0.2) is 12.2 Å². The molecular weight excluding hydrogens is 240 g/mol. The highest BCUT2D eigenvalue weighted by Gasteiger charge is 2.45. The van der Waals surface area contributed by atoms with Crippen molar-refractivity contribution < 1.29 is 9.53 Å². The minimum atomic E-state index is -0.416. The predicted molar refractivity (Wildman–Crippen MR) is 76.1 cm³/mol. The quantitative estimate of drug-likeness (QED) is 0.781. The molecule has 1 amide bonds. The van der Waals surface area contributed by atoms with Gasteiger partial charge in [-0.1, -0.05) is 12.2 Å². The molecule has 0 aromatic heterocycles. The van der Waals surface area contributed by atoms with E-state index in [9.17, 15) is 4.79 Å². The number of amides is 1. The Morgan fingerprint density at radius 2 is 2.16 bits per heavy atom. The fraction of sp³-hybridized carbons (Fsp3) is 0.800. The number of ether oxygens (including phenoxy) is 1. The minimum Gasteiger partial charge on any atom is -0.444 e. The zero-order valence-electron chi connectivity index (χ0n) is 12.5. The Bertz CT molecular complexity index is 360. The van der Waals surface area contributed by atoms with Gasteiger partial charge >= 0.3 is 6.09 Å². The zero-order chi connectivity index (χ0) is 14.0. The van der Waals surface area contributed by atoms with Crippen LogP contribution < -0.4 is 5.32 Å². The van der Waals surface area contributed by atoms with Crippen molar-refractivity contribution in [2.45, 2.75) is 70.7 Å². The highest BCUT2D eigenvalue weighted by molar-refractivity contribution is 5.70. The molecule has 2 aliphatic rings. The third kappa shape index (κ3) is 3.30. The fourth-order valence-electron chi connectivity index (χ4n) is 3.05. The lowest BCUT2D eigenvalue weighted by Crippen LogP contribution is -2.60. The highest BCUT2D eigenvalue weighted by Crippen LogP contribution is 2.32. The summed E-state index contributed by atoms with van der Waals surface area (Å²) in [4.78, 5) is 14.3. The summed E-state index contributed by atoms with van der Waals surface area (Å²) < 4.78 is 5.55. The van der Waals surface area contributed by atoms with Gasteiger partial charge < -0.3 is 10.1 Å². The summed E-state index contributed by atoms with van der Waals surface area (Å²) in [5.41, 5.74) is -0.416. The smallest absolute Gasteiger partial charge is 0.410 e. The normalized spacial score (nSPS) is 30.9. The standard InChI is InChI=1S/C15H26N2O2/c1-5-6-7-12-13-9-8-11(10-16-12)17(13)14(18)19-15(2,3)4/h5-6,11-13,16H,7-10H2,1-4H3/b6-5-/t11-,12-,13+/m1/s1. The van der Waals surface area contributed by atoms with E-state index in [4.69, 9.17) is 4.74 Å². The first kappa shape index (κ1) is 14.4. The molecule has 0 aromatic rings. The summed E-state index contributed by atoms with van der Waals surface area (Å²) in [6.07, 6.45) is 7.24. The molecule has 0 radical (unpaired) electrons. The Balaban J connectivity index is 2.06. The third-order valence-electron chi connectivity index (χ3n) is 3.86. The first-order valence-corrected chi connectivity index (χ1v) is 7.28. The number of piperazine rings is 1. The van der Waals surface area contributed by atoms with Crippen LogP contribution in [-0.4, -0.2) is 41.3 Å². The number of nitrogens with zero attached hydrogens (tertiary/aromatic N) is 1. The average Bonchev–Trinajstić information content (AvgIpc) is 2.62. The summed E-state index contributed by atoms with van der Waals surface area (Å²) in [6, 6.07) is 0.953. The SMILES string of the molecule is C/C=C\C[C@H]1NC[C@H]2CC[C@@H]1N2C(=O)OC(C)(C)C. The first-order chi connectivity index (χ1) is 8.92. The molecule has 2 aliphatic heterocycles. The van der Waals surface area contributed by atoms with Gasteiger partial charge in [0.1, 0.15) is 5.60 Å². The number of nitrogens with one attached hydrogen (secondary N) is 1. The van der Waals surface area contributed by atoms with Crippen molar-refractivity contribution in [3.05, 3.63) is 12.2 Å². The number of allylic oxidation sites excluding steroid dienone is 1. The molecule has 4 heteroatoms. The Morgan fingerprint density at radius 3 is 2.79 bits per heavy atom. The molecule has 2 heterocycles. The van der Waals surface area contributed by atoms with Crippen molar-refractivity contribution in [3.8, 4) is 0 Å². The van der Waals surface area contributed by atoms with Gasteiger partial charge in [0.2, 0.25) is 0 Å². The summed E-state index contributed by atoms with van der Waals surface area (Å²) in [6.45, 7) is 8.69. The topological polar surface area (TPSA) is 41.6 Å². The maximum Gasteiger partial charge on any atom is 0.410 e. The Hall–Kier alpha value is -1.03.